The van der Waals surface area contributed by atoms with Gasteiger partial charge in [-0.1, -0.05) is 23.9 Å². The molecule has 0 spiro atoms. The normalized spacial score (nSPS) is 22.9. The van der Waals surface area contributed by atoms with Gasteiger partial charge in [0.25, 0.3) is 5.69 Å². The van der Waals surface area contributed by atoms with Crippen LogP contribution in [-0.2, 0) is 4.79 Å². The van der Waals surface area contributed by atoms with Gasteiger partial charge in [0.05, 0.1) is 10.7 Å². The molecule has 7 heteroatoms. The topological polar surface area (TPSA) is 99.9 Å². The summed E-state index contributed by atoms with van der Waals surface area (Å²) in [6.45, 7) is 1.68. The second-order valence-corrected chi connectivity index (χ2v) is 5.35. The molecule has 0 aromatic heterocycles. The van der Waals surface area contributed by atoms with Crippen LogP contribution in [0.5, 0.6) is 0 Å². The average molecular weight is 268 g/mol. The number of benzene rings is 1. The number of hydrogen-bond acceptors (Lipinski definition) is 5. The van der Waals surface area contributed by atoms with Crippen molar-refractivity contribution in [3.63, 3.8) is 0 Å². The maximum atomic E-state index is 10.8. The van der Waals surface area contributed by atoms with Gasteiger partial charge in [-0.05, 0) is 6.92 Å². The molecular formula is C11H12N2O4S. The van der Waals surface area contributed by atoms with E-state index in [1.165, 1.54) is 17.8 Å². The lowest BCUT2D eigenvalue weighted by Crippen LogP contribution is -2.90. The molecule has 0 amide bonds. The molecule has 0 unspecified atom stereocenters. The van der Waals surface area contributed by atoms with Crippen molar-refractivity contribution >= 4 is 23.4 Å². The van der Waals surface area contributed by atoms with Crippen LogP contribution in [-0.4, -0.2) is 22.7 Å². The smallest absolute Gasteiger partial charge is 0.272 e. The molecule has 0 radical (unpaired) electrons. The van der Waals surface area contributed by atoms with E-state index in [4.69, 9.17) is 0 Å². The third-order valence-corrected chi connectivity index (χ3v) is 4.26. The van der Waals surface area contributed by atoms with Crippen molar-refractivity contribution in [3.8, 4) is 0 Å². The maximum absolute atomic E-state index is 10.8. The number of nitrogens with two attached hydrogens (primary N) is 1. The number of carbonyl (C=O) groups excluding carboxylic acids is 1. The van der Waals surface area contributed by atoms with Gasteiger partial charge in [0.15, 0.2) is 5.37 Å². The summed E-state index contributed by atoms with van der Waals surface area (Å²) in [7, 11) is 0. The van der Waals surface area contributed by atoms with Crippen LogP contribution in [0.3, 0.4) is 0 Å². The minimum absolute atomic E-state index is 0.0680. The lowest BCUT2D eigenvalue weighted by atomic mass is 10.1. The lowest BCUT2D eigenvalue weighted by Gasteiger charge is -2.11. The highest BCUT2D eigenvalue weighted by atomic mass is 32.2. The summed E-state index contributed by atoms with van der Waals surface area (Å²) in [6, 6.07) is 4.42. The molecule has 0 aliphatic carbocycles. The van der Waals surface area contributed by atoms with Crippen LogP contribution in [0, 0.1) is 17.0 Å². The molecule has 18 heavy (non-hydrogen) atoms. The molecular weight excluding hydrogens is 256 g/mol. The highest BCUT2D eigenvalue weighted by Gasteiger charge is 2.31. The predicted octanol–water partition coefficient (Wildman–Crippen LogP) is -0.669. The SMILES string of the molecule is Cc1ccc([C@@H]2[NH2+][C@@H](C(=O)[O-])CS2)cc1[N+](=O)[O-]. The van der Waals surface area contributed by atoms with Gasteiger partial charge in [-0.2, -0.15) is 0 Å². The quantitative estimate of drug-likeness (QED) is 0.579. The highest BCUT2D eigenvalue weighted by Crippen LogP contribution is 2.30. The minimum Gasteiger partial charge on any atom is -0.544 e. The molecule has 96 valence electrons. The highest BCUT2D eigenvalue weighted by molar-refractivity contribution is 7.99. The molecule has 2 rings (SSSR count). The van der Waals surface area contributed by atoms with Gasteiger partial charge >= 0.3 is 0 Å². The number of aryl methyl sites for hydroxylation is 1. The molecule has 1 fully saturated rings. The zero-order chi connectivity index (χ0) is 13.3. The molecule has 1 aliphatic heterocycles. The summed E-state index contributed by atoms with van der Waals surface area (Å²) in [4.78, 5) is 21.2. The number of nitro benzene ring substituents is 1. The minimum atomic E-state index is -1.09. The Morgan fingerprint density at radius 1 is 1.56 bits per heavy atom. The summed E-state index contributed by atoms with van der Waals surface area (Å²) in [5.74, 6) is -0.638. The number of rotatable bonds is 3. The van der Waals surface area contributed by atoms with Gasteiger partial charge in [0, 0.05) is 17.2 Å². The molecule has 6 nitrogen and oxygen atoms in total. The first kappa shape index (κ1) is 12.8. The molecule has 1 saturated heterocycles. The molecule has 1 aromatic rings. The Morgan fingerprint density at radius 2 is 2.28 bits per heavy atom. The van der Waals surface area contributed by atoms with E-state index in [2.05, 4.69) is 0 Å². The van der Waals surface area contributed by atoms with E-state index in [9.17, 15) is 20.0 Å². The number of hydrogen-bond donors (Lipinski definition) is 1. The van der Waals surface area contributed by atoms with Gasteiger partial charge in [-0.25, -0.2) is 0 Å². The summed E-state index contributed by atoms with van der Waals surface area (Å²) >= 11 is 1.46. The van der Waals surface area contributed by atoms with Crippen LogP contribution in [0.1, 0.15) is 16.5 Å². The number of aliphatic carboxylic acids is 1. The number of thioether (sulfide) groups is 1. The van der Waals surface area contributed by atoms with E-state index in [-0.39, 0.29) is 11.1 Å². The Hall–Kier alpha value is -1.60. The van der Waals surface area contributed by atoms with E-state index in [0.29, 0.717) is 11.3 Å². The first-order chi connectivity index (χ1) is 8.49. The average Bonchev–Trinajstić information content (AvgIpc) is 2.78. The monoisotopic (exact) mass is 268 g/mol. The Morgan fingerprint density at radius 3 is 2.83 bits per heavy atom. The van der Waals surface area contributed by atoms with Crippen LogP contribution < -0.4 is 10.4 Å². The van der Waals surface area contributed by atoms with E-state index < -0.39 is 16.9 Å². The van der Waals surface area contributed by atoms with Gasteiger partial charge in [-0.15, -0.1) is 0 Å². The molecule has 0 saturated carbocycles. The van der Waals surface area contributed by atoms with Crippen molar-refractivity contribution in [2.45, 2.75) is 18.3 Å². The largest absolute Gasteiger partial charge is 0.544 e. The zero-order valence-electron chi connectivity index (χ0n) is 9.66. The van der Waals surface area contributed by atoms with Crippen LogP contribution in [0.4, 0.5) is 5.69 Å². The van der Waals surface area contributed by atoms with Crippen molar-refractivity contribution in [1.82, 2.24) is 0 Å². The van der Waals surface area contributed by atoms with E-state index in [1.54, 1.807) is 24.4 Å². The van der Waals surface area contributed by atoms with Crippen LogP contribution in [0.2, 0.25) is 0 Å². The number of nitro groups is 1. The second kappa shape index (κ2) is 4.95. The van der Waals surface area contributed by atoms with Crippen molar-refractivity contribution in [2.24, 2.45) is 0 Å². The van der Waals surface area contributed by atoms with Gasteiger partial charge in [-0.3, -0.25) is 10.1 Å². The fourth-order valence-electron chi connectivity index (χ4n) is 1.88. The summed E-state index contributed by atoms with van der Waals surface area (Å²) in [5, 5.41) is 23.1. The first-order valence-electron chi connectivity index (χ1n) is 5.41. The fraction of sp³-hybridized carbons (Fsp3) is 0.364. The number of carbonyl (C=O) groups is 1. The summed E-state index contributed by atoms with van der Waals surface area (Å²) < 4.78 is 0. The van der Waals surface area contributed by atoms with E-state index in [0.717, 1.165) is 5.56 Å². The van der Waals surface area contributed by atoms with Gasteiger partial charge in [0.1, 0.15) is 12.0 Å². The summed E-state index contributed by atoms with van der Waals surface area (Å²) in [6.07, 6.45) is 0. The van der Waals surface area contributed by atoms with E-state index >= 15 is 0 Å². The third kappa shape index (κ3) is 2.46. The maximum Gasteiger partial charge on any atom is 0.272 e. The number of carboxylic acids is 1. The first-order valence-corrected chi connectivity index (χ1v) is 6.46. The Labute approximate surface area is 108 Å². The molecule has 1 aromatic carbocycles. The van der Waals surface area contributed by atoms with Crippen LogP contribution in [0.25, 0.3) is 0 Å². The molecule has 2 N–H and O–H groups in total. The van der Waals surface area contributed by atoms with E-state index in [1.807, 2.05) is 0 Å². The van der Waals surface area contributed by atoms with Crippen molar-refractivity contribution in [3.05, 3.63) is 39.4 Å². The number of quaternary nitrogens is 1. The van der Waals surface area contributed by atoms with Gasteiger partial charge in [0.2, 0.25) is 0 Å². The van der Waals surface area contributed by atoms with Crippen LogP contribution in [0.15, 0.2) is 18.2 Å². The standard InChI is InChI=1S/C11H12N2O4S/c1-6-2-3-7(4-9(6)13(16)17)10-12-8(5-18-10)11(14)15/h2-4,8,10,12H,5H2,1H3,(H,14,15)/t8-,10-/m1/s1. The zero-order valence-corrected chi connectivity index (χ0v) is 10.5. The van der Waals surface area contributed by atoms with Crippen molar-refractivity contribution in [1.29, 1.82) is 0 Å². The lowest BCUT2D eigenvalue weighted by molar-refractivity contribution is -0.690. The molecule has 1 aliphatic rings. The van der Waals surface area contributed by atoms with Crippen molar-refractivity contribution < 1.29 is 20.1 Å². The fourth-order valence-corrected chi connectivity index (χ4v) is 3.19. The number of carboxylic acid groups (broad SMARTS) is 1. The second-order valence-electron chi connectivity index (χ2n) is 4.17. The predicted molar refractivity (Wildman–Crippen MR) is 63.8 cm³/mol. The summed E-state index contributed by atoms with van der Waals surface area (Å²) in [5.41, 5.74) is 1.43. The number of nitrogens with zero attached hydrogens (tertiary/aromatic N) is 1. The Bertz CT molecular complexity index is 506. The third-order valence-electron chi connectivity index (χ3n) is 2.92. The molecule has 2 atom stereocenters. The molecule has 1 heterocycles. The Kier molecular flexibility index (Phi) is 3.53. The van der Waals surface area contributed by atoms with Crippen LogP contribution >= 0.6 is 11.8 Å². The Balaban J connectivity index is 2.22. The molecule has 0 bridgehead atoms. The van der Waals surface area contributed by atoms with Gasteiger partial charge < -0.3 is 15.2 Å². The van der Waals surface area contributed by atoms with Crippen molar-refractivity contribution in [2.75, 3.05) is 5.75 Å².